The Labute approximate surface area is 229 Å². The van der Waals surface area contributed by atoms with Crippen LogP contribution >= 0.6 is 50.6 Å². The Kier molecular flexibility index (Phi) is 7.99. The zero-order chi connectivity index (χ0) is 26.0. The number of Topliss-reactive ketones (excluding diaryl/α,β-unsaturated/α-hetero) is 1. The van der Waals surface area contributed by atoms with Crippen LogP contribution in [0, 0.1) is 5.41 Å². The van der Waals surface area contributed by atoms with E-state index in [9.17, 15) is 14.4 Å². The van der Waals surface area contributed by atoms with Gasteiger partial charge in [-0.3, -0.25) is 23.9 Å². The molecule has 0 atom stereocenters. The molecule has 0 amide bonds. The first-order chi connectivity index (χ1) is 17.0. The van der Waals surface area contributed by atoms with E-state index in [0.29, 0.717) is 36.5 Å². The first-order valence-electron chi connectivity index (χ1n) is 10.9. The average molecular weight is 606 g/mol. The molecule has 4 rings (SSSR count). The van der Waals surface area contributed by atoms with E-state index in [4.69, 9.17) is 11.6 Å². The minimum atomic E-state index is -0.651. The molecule has 0 aliphatic heterocycles. The highest BCUT2D eigenvalue weighted by molar-refractivity contribution is 9.10. The van der Waals surface area contributed by atoms with Gasteiger partial charge in [0.1, 0.15) is 5.03 Å². The minimum Gasteiger partial charge on any atom is -0.295 e. The van der Waals surface area contributed by atoms with Crippen LogP contribution in [0.5, 0.6) is 0 Å². The highest BCUT2D eigenvalue weighted by Gasteiger charge is 2.27. The lowest BCUT2D eigenvalue weighted by Gasteiger charge is -2.17. The molecule has 0 saturated carbocycles. The molecule has 186 valence electrons. The molecule has 0 spiro atoms. The summed E-state index contributed by atoms with van der Waals surface area (Å²) in [7, 11) is 0. The second-order valence-electron chi connectivity index (χ2n) is 8.99. The maximum atomic E-state index is 13.1. The Morgan fingerprint density at radius 2 is 1.94 bits per heavy atom. The van der Waals surface area contributed by atoms with Crippen LogP contribution < -0.4 is 5.56 Å². The summed E-state index contributed by atoms with van der Waals surface area (Å²) in [6.07, 6.45) is 3.05. The molecule has 0 aromatic carbocycles. The maximum absolute atomic E-state index is 13.1. The molecule has 4 heterocycles. The highest BCUT2D eigenvalue weighted by atomic mass is 79.9. The van der Waals surface area contributed by atoms with E-state index in [1.807, 2.05) is 32.9 Å². The van der Waals surface area contributed by atoms with Gasteiger partial charge in [0.2, 0.25) is 0 Å². The van der Waals surface area contributed by atoms with E-state index in [1.165, 1.54) is 44.6 Å². The number of carbonyl (C=O) groups is 2. The van der Waals surface area contributed by atoms with Crippen molar-refractivity contribution in [1.82, 2.24) is 19.3 Å². The van der Waals surface area contributed by atoms with Crippen molar-refractivity contribution < 1.29 is 9.59 Å². The number of pyridine rings is 2. The van der Waals surface area contributed by atoms with E-state index >= 15 is 0 Å². The quantitative estimate of drug-likeness (QED) is 0.137. The summed E-state index contributed by atoms with van der Waals surface area (Å²) < 4.78 is 3.88. The molecule has 0 aliphatic rings. The summed E-state index contributed by atoms with van der Waals surface area (Å²) in [4.78, 5) is 43.7. The number of rotatable bonds is 7. The topological polar surface area (TPSA) is 86.8 Å². The monoisotopic (exact) mass is 604 g/mol. The van der Waals surface area contributed by atoms with Crippen molar-refractivity contribution in [3.8, 4) is 11.3 Å². The van der Waals surface area contributed by atoms with Crippen molar-refractivity contribution in [1.29, 1.82) is 0 Å². The van der Waals surface area contributed by atoms with Crippen LogP contribution in [0.4, 0.5) is 0 Å². The third kappa shape index (κ3) is 6.05. The van der Waals surface area contributed by atoms with Gasteiger partial charge in [-0.05, 0) is 52.3 Å². The third-order valence-corrected chi connectivity index (χ3v) is 8.27. The standard InChI is InChI=1S/C25H22BrClN4O3S2/c1-25(2,3)24(34)31-23(35-14-17-6-7-21(27)36-17)11-18(29-31)16-9-20(26)30(22(33)10-16)13-19(32)15-5-4-8-28-12-15/h4-12H,13-14H2,1-3H3. The second-order valence-corrected chi connectivity index (χ2v) is 12.6. The van der Waals surface area contributed by atoms with Gasteiger partial charge in [-0.25, -0.2) is 0 Å². The molecule has 0 aliphatic carbocycles. The van der Waals surface area contributed by atoms with Crippen molar-refractivity contribution in [2.45, 2.75) is 38.1 Å². The SMILES string of the molecule is CC(C)(C)C(=O)n1nc(-c2cc(Br)n(CC(=O)c3cccnc3)c(=O)c2)cc1SCc1ccc(Cl)s1. The summed E-state index contributed by atoms with van der Waals surface area (Å²) in [5.41, 5.74) is 0.437. The lowest BCUT2D eigenvalue weighted by molar-refractivity contribution is 0.0736. The fourth-order valence-electron chi connectivity index (χ4n) is 3.27. The Hall–Kier alpha value is -2.53. The number of ketones is 1. The van der Waals surface area contributed by atoms with Gasteiger partial charge < -0.3 is 0 Å². The lowest BCUT2D eigenvalue weighted by Crippen LogP contribution is -2.28. The Morgan fingerprint density at radius 3 is 2.56 bits per heavy atom. The van der Waals surface area contributed by atoms with Crippen molar-refractivity contribution >= 4 is 62.3 Å². The smallest absolute Gasteiger partial charge is 0.253 e. The number of thiophene rings is 1. The molecule has 36 heavy (non-hydrogen) atoms. The fourth-order valence-corrected chi connectivity index (χ4v) is 5.94. The first-order valence-corrected chi connectivity index (χ1v) is 13.9. The van der Waals surface area contributed by atoms with E-state index in [2.05, 4.69) is 26.0 Å². The number of halogens is 2. The highest BCUT2D eigenvalue weighted by Crippen LogP contribution is 2.33. The molecule has 0 bridgehead atoms. The van der Waals surface area contributed by atoms with Gasteiger partial charge >= 0.3 is 0 Å². The summed E-state index contributed by atoms with van der Waals surface area (Å²) in [6.45, 7) is 5.37. The Balaban J connectivity index is 1.66. The van der Waals surface area contributed by atoms with Gasteiger partial charge in [0.05, 0.1) is 21.2 Å². The summed E-state index contributed by atoms with van der Waals surface area (Å²) in [5, 5.41) is 5.23. The second kappa shape index (κ2) is 10.8. The van der Waals surface area contributed by atoms with Crippen LogP contribution in [-0.4, -0.2) is 31.0 Å². The summed E-state index contributed by atoms with van der Waals surface area (Å²) in [5.74, 6) is 0.239. The predicted molar refractivity (Wildman–Crippen MR) is 147 cm³/mol. The van der Waals surface area contributed by atoms with E-state index in [1.54, 1.807) is 30.5 Å². The molecule has 0 N–H and O–H groups in total. The number of aromatic nitrogens is 4. The van der Waals surface area contributed by atoms with Gasteiger partial charge in [0, 0.05) is 45.6 Å². The van der Waals surface area contributed by atoms with E-state index < -0.39 is 5.41 Å². The molecule has 7 nitrogen and oxygen atoms in total. The van der Waals surface area contributed by atoms with Crippen LogP contribution in [0.25, 0.3) is 11.3 Å². The maximum Gasteiger partial charge on any atom is 0.253 e. The average Bonchev–Trinajstić information content (AvgIpc) is 3.45. The predicted octanol–water partition coefficient (Wildman–Crippen LogP) is 6.45. The Bertz CT molecular complexity index is 1490. The van der Waals surface area contributed by atoms with Crippen molar-refractivity contribution in [3.63, 3.8) is 0 Å². The van der Waals surface area contributed by atoms with E-state index in [0.717, 1.165) is 4.88 Å². The van der Waals surface area contributed by atoms with Crippen LogP contribution in [0.1, 0.15) is 40.8 Å². The first kappa shape index (κ1) is 26.5. The van der Waals surface area contributed by atoms with Crippen LogP contribution in [0.2, 0.25) is 4.34 Å². The number of thioether (sulfide) groups is 1. The Morgan fingerprint density at radius 1 is 1.17 bits per heavy atom. The summed E-state index contributed by atoms with van der Waals surface area (Å²) >= 11 is 12.4. The summed E-state index contributed by atoms with van der Waals surface area (Å²) in [6, 6.07) is 12.1. The molecular formula is C25H22BrClN4O3S2. The fraction of sp³-hybridized carbons (Fsp3) is 0.240. The van der Waals surface area contributed by atoms with Crippen molar-refractivity contribution in [2.24, 2.45) is 5.41 Å². The molecule has 0 saturated heterocycles. The van der Waals surface area contributed by atoms with Gasteiger partial charge in [-0.1, -0.05) is 32.4 Å². The van der Waals surface area contributed by atoms with Crippen LogP contribution in [-0.2, 0) is 12.3 Å². The molecule has 0 radical (unpaired) electrons. The van der Waals surface area contributed by atoms with Gasteiger partial charge in [-0.15, -0.1) is 23.1 Å². The van der Waals surface area contributed by atoms with Gasteiger partial charge in [0.25, 0.3) is 11.5 Å². The number of nitrogens with zero attached hydrogens (tertiary/aromatic N) is 4. The van der Waals surface area contributed by atoms with Gasteiger partial charge in [-0.2, -0.15) is 9.78 Å². The normalized spacial score (nSPS) is 11.6. The molecular weight excluding hydrogens is 584 g/mol. The van der Waals surface area contributed by atoms with Crippen LogP contribution in [0.3, 0.4) is 0 Å². The largest absolute Gasteiger partial charge is 0.295 e. The van der Waals surface area contributed by atoms with E-state index in [-0.39, 0.29) is 23.8 Å². The molecule has 0 unspecified atom stereocenters. The van der Waals surface area contributed by atoms with Crippen molar-refractivity contribution in [2.75, 3.05) is 0 Å². The molecule has 4 aromatic heterocycles. The molecule has 11 heteroatoms. The van der Waals surface area contributed by atoms with Crippen LogP contribution in [0.15, 0.2) is 69.3 Å². The van der Waals surface area contributed by atoms with Crippen molar-refractivity contribution in [3.05, 3.63) is 84.6 Å². The molecule has 0 fully saturated rings. The molecule has 4 aromatic rings. The zero-order valence-electron chi connectivity index (χ0n) is 19.7. The van der Waals surface area contributed by atoms with Gasteiger partial charge in [0.15, 0.2) is 5.78 Å². The number of carbonyl (C=O) groups excluding carboxylic acids is 2. The number of hydrogen-bond donors (Lipinski definition) is 0. The minimum absolute atomic E-state index is 0.132. The zero-order valence-corrected chi connectivity index (χ0v) is 23.7. The lowest BCUT2D eigenvalue weighted by atomic mass is 9.96. The third-order valence-electron chi connectivity index (χ3n) is 5.16. The number of hydrogen-bond acceptors (Lipinski definition) is 7.